The molecule has 0 aliphatic heterocycles. The quantitative estimate of drug-likeness (QED) is 0.855. The highest BCUT2D eigenvalue weighted by Gasteiger charge is 2.24. The molecule has 2 aromatic carbocycles. The van der Waals surface area contributed by atoms with Crippen molar-refractivity contribution in [3.05, 3.63) is 65.2 Å². The lowest BCUT2D eigenvalue weighted by atomic mass is 9.89. The molecule has 1 N–H and O–H groups in total. The van der Waals surface area contributed by atoms with Crippen molar-refractivity contribution in [1.29, 1.82) is 0 Å². The number of hydrogen-bond acceptors (Lipinski definition) is 3. The maximum atomic E-state index is 12.6. The Kier molecular flexibility index (Phi) is 4.38. The van der Waals surface area contributed by atoms with Crippen molar-refractivity contribution in [1.82, 2.24) is 0 Å². The van der Waals surface area contributed by atoms with Crippen molar-refractivity contribution < 1.29 is 19.4 Å². The molecular weight excluding hydrogens is 268 g/mol. The number of para-hydroxylation sites is 1. The zero-order valence-corrected chi connectivity index (χ0v) is 11.9. The Bertz CT molecular complexity index is 676. The van der Waals surface area contributed by atoms with Gasteiger partial charge in [0.2, 0.25) is 0 Å². The normalized spacial score (nSPS) is 11.7. The van der Waals surface area contributed by atoms with Crippen LogP contribution in [0, 0.1) is 0 Å². The summed E-state index contributed by atoms with van der Waals surface area (Å²) in [4.78, 5) is 23.9. The molecule has 0 radical (unpaired) electrons. The van der Waals surface area contributed by atoms with Crippen LogP contribution in [0.2, 0.25) is 0 Å². The number of carbonyl (C=O) groups excluding carboxylic acids is 1. The zero-order chi connectivity index (χ0) is 15.4. The molecule has 108 valence electrons. The number of Topliss-reactive ketones (excluding diaryl/α,β-unsaturated/α-hetero) is 1. The molecule has 1 unspecified atom stereocenters. The molecule has 2 rings (SSSR count). The Labute approximate surface area is 123 Å². The third-order valence-electron chi connectivity index (χ3n) is 3.42. The number of methoxy groups -OCH3 is 1. The first-order chi connectivity index (χ1) is 10.1. The number of ketones is 1. The summed E-state index contributed by atoms with van der Waals surface area (Å²) in [5.74, 6) is -1.21. The van der Waals surface area contributed by atoms with Crippen LogP contribution in [-0.4, -0.2) is 24.0 Å². The largest absolute Gasteiger partial charge is 0.496 e. The SMILES string of the molecule is COc1ccccc1C(C)C(=O)c1ccccc1C(=O)O. The highest BCUT2D eigenvalue weighted by atomic mass is 16.5. The summed E-state index contributed by atoms with van der Waals surface area (Å²) in [5, 5.41) is 9.19. The zero-order valence-electron chi connectivity index (χ0n) is 11.9. The van der Waals surface area contributed by atoms with Crippen molar-refractivity contribution in [2.45, 2.75) is 12.8 Å². The van der Waals surface area contributed by atoms with Gasteiger partial charge in [0.05, 0.1) is 12.7 Å². The lowest BCUT2D eigenvalue weighted by molar-refractivity contribution is 0.0691. The van der Waals surface area contributed by atoms with Gasteiger partial charge in [-0.25, -0.2) is 4.79 Å². The minimum absolute atomic E-state index is 0.0178. The Morgan fingerprint density at radius 1 is 1.00 bits per heavy atom. The van der Waals surface area contributed by atoms with Crippen LogP contribution in [0.1, 0.15) is 39.1 Å². The van der Waals surface area contributed by atoms with Crippen molar-refractivity contribution in [3.8, 4) is 5.75 Å². The number of rotatable bonds is 5. The van der Waals surface area contributed by atoms with E-state index in [1.165, 1.54) is 12.1 Å². The summed E-state index contributed by atoms with van der Waals surface area (Å²) in [5.41, 5.74) is 0.970. The number of carboxylic acid groups (broad SMARTS) is 1. The first-order valence-electron chi connectivity index (χ1n) is 6.55. The van der Waals surface area contributed by atoms with Crippen molar-refractivity contribution in [3.63, 3.8) is 0 Å². The fraction of sp³-hybridized carbons (Fsp3) is 0.176. The van der Waals surface area contributed by atoms with Gasteiger partial charge in [0.25, 0.3) is 0 Å². The number of carbonyl (C=O) groups is 2. The van der Waals surface area contributed by atoms with Crippen LogP contribution in [0.3, 0.4) is 0 Å². The van der Waals surface area contributed by atoms with Crippen LogP contribution < -0.4 is 4.74 Å². The van der Waals surface area contributed by atoms with Crippen LogP contribution >= 0.6 is 0 Å². The number of ether oxygens (including phenoxy) is 1. The molecule has 1 atom stereocenters. The first-order valence-corrected chi connectivity index (χ1v) is 6.55. The third kappa shape index (κ3) is 2.94. The Hall–Kier alpha value is -2.62. The Balaban J connectivity index is 2.43. The second-order valence-electron chi connectivity index (χ2n) is 4.68. The lowest BCUT2D eigenvalue weighted by Crippen LogP contribution is -2.15. The highest BCUT2D eigenvalue weighted by molar-refractivity contribution is 6.08. The molecule has 0 aromatic heterocycles. The Morgan fingerprint density at radius 2 is 1.57 bits per heavy atom. The van der Waals surface area contributed by atoms with E-state index in [0.717, 1.165) is 5.56 Å². The minimum atomic E-state index is -1.11. The van der Waals surface area contributed by atoms with Gasteiger partial charge >= 0.3 is 5.97 Å². The van der Waals surface area contributed by atoms with Gasteiger partial charge in [-0.05, 0) is 12.1 Å². The number of carboxylic acids is 1. The summed E-state index contributed by atoms with van der Waals surface area (Å²) < 4.78 is 5.26. The van der Waals surface area contributed by atoms with Gasteiger partial charge in [-0.15, -0.1) is 0 Å². The van der Waals surface area contributed by atoms with Crippen LogP contribution in [-0.2, 0) is 0 Å². The van der Waals surface area contributed by atoms with E-state index in [4.69, 9.17) is 4.74 Å². The summed E-state index contributed by atoms with van der Waals surface area (Å²) in [6, 6.07) is 13.5. The molecule has 2 aromatic rings. The molecule has 0 fully saturated rings. The van der Waals surface area contributed by atoms with Gasteiger partial charge in [0.1, 0.15) is 5.75 Å². The predicted octanol–water partition coefficient (Wildman–Crippen LogP) is 3.38. The standard InChI is InChI=1S/C17H16O4/c1-11(12-7-5-6-10-15(12)21-2)16(18)13-8-3-4-9-14(13)17(19)20/h3-11H,1-2H3,(H,19,20). The number of aromatic carboxylic acids is 1. The molecule has 0 aliphatic carbocycles. The van der Waals surface area contributed by atoms with Gasteiger partial charge < -0.3 is 9.84 Å². The molecule has 0 spiro atoms. The first kappa shape index (κ1) is 14.8. The van der Waals surface area contributed by atoms with Crippen LogP contribution in [0.25, 0.3) is 0 Å². The average Bonchev–Trinajstić information content (AvgIpc) is 2.53. The van der Waals surface area contributed by atoms with E-state index in [9.17, 15) is 14.7 Å². The molecule has 0 saturated carbocycles. The maximum Gasteiger partial charge on any atom is 0.336 e. The van der Waals surface area contributed by atoms with Crippen LogP contribution in [0.5, 0.6) is 5.75 Å². The van der Waals surface area contributed by atoms with Crippen molar-refractivity contribution in [2.24, 2.45) is 0 Å². The van der Waals surface area contributed by atoms with Crippen LogP contribution in [0.15, 0.2) is 48.5 Å². The van der Waals surface area contributed by atoms with E-state index in [1.807, 2.05) is 18.2 Å². The molecule has 4 heteroatoms. The second kappa shape index (κ2) is 6.22. The molecule has 0 amide bonds. The van der Waals surface area contributed by atoms with E-state index in [2.05, 4.69) is 0 Å². The lowest BCUT2D eigenvalue weighted by Gasteiger charge is -2.15. The summed E-state index contributed by atoms with van der Waals surface area (Å²) in [6.07, 6.45) is 0. The molecule has 0 saturated heterocycles. The van der Waals surface area contributed by atoms with Crippen LogP contribution in [0.4, 0.5) is 0 Å². The van der Waals surface area contributed by atoms with E-state index in [1.54, 1.807) is 32.2 Å². The van der Waals surface area contributed by atoms with E-state index in [-0.39, 0.29) is 16.9 Å². The third-order valence-corrected chi connectivity index (χ3v) is 3.42. The fourth-order valence-electron chi connectivity index (χ4n) is 2.28. The number of hydrogen-bond donors (Lipinski definition) is 1. The predicted molar refractivity (Wildman–Crippen MR) is 79.1 cm³/mol. The fourth-order valence-corrected chi connectivity index (χ4v) is 2.28. The topological polar surface area (TPSA) is 63.6 Å². The molecule has 21 heavy (non-hydrogen) atoms. The molecule has 0 aliphatic rings. The Morgan fingerprint density at radius 3 is 2.19 bits per heavy atom. The smallest absolute Gasteiger partial charge is 0.336 e. The summed E-state index contributed by atoms with van der Waals surface area (Å²) >= 11 is 0. The number of benzene rings is 2. The second-order valence-corrected chi connectivity index (χ2v) is 4.68. The molecule has 0 bridgehead atoms. The van der Waals surface area contributed by atoms with Crippen molar-refractivity contribution in [2.75, 3.05) is 7.11 Å². The van der Waals surface area contributed by atoms with E-state index >= 15 is 0 Å². The van der Waals surface area contributed by atoms with Crippen molar-refractivity contribution >= 4 is 11.8 Å². The maximum absolute atomic E-state index is 12.6. The average molecular weight is 284 g/mol. The van der Waals surface area contributed by atoms with Gasteiger partial charge in [-0.3, -0.25) is 4.79 Å². The molecule has 0 heterocycles. The van der Waals surface area contributed by atoms with Gasteiger partial charge in [-0.2, -0.15) is 0 Å². The highest BCUT2D eigenvalue weighted by Crippen LogP contribution is 2.29. The van der Waals surface area contributed by atoms with E-state index < -0.39 is 11.9 Å². The molecular formula is C17H16O4. The monoisotopic (exact) mass is 284 g/mol. The van der Waals surface area contributed by atoms with E-state index in [0.29, 0.717) is 5.75 Å². The summed E-state index contributed by atoms with van der Waals surface area (Å²) in [7, 11) is 1.54. The van der Waals surface area contributed by atoms with Gasteiger partial charge in [0, 0.05) is 17.0 Å². The minimum Gasteiger partial charge on any atom is -0.496 e. The molecule has 4 nitrogen and oxygen atoms in total. The van der Waals surface area contributed by atoms with Gasteiger partial charge in [-0.1, -0.05) is 43.3 Å². The summed E-state index contributed by atoms with van der Waals surface area (Å²) in [6.45, 7) is 1.75. The van der Waals surface area contributed by atoms with Gasteiger partial charge in [0.15, 0.2) is 5.78 Å².